The fourth-order valence-corrected chi connectivity index (χ4v) is 3.69. The van der Waals surface area contributed by atoms with Crippen molar-refractivity contribution < 1.29 is 9.53 Å². The summed E-state index contributed by atoms with van der Waals surface area (Å²) in [5.74, 6) is 0.564. The second-order valence-electron chi connectivity index (χ2n) is 5.13. The molecule has 2 atom stereocenters. The van der Waals surface area contributed by atoms with Crippen molar-refractivity contribution in [2.75, 3.05) is 12.9 Å². The fourth-order valence-electron chi connectivity index (χ4n) is 2.72. The lowest BCUT2D eigenvalue weighted by Gasteiger charge is -2.28. The molecule has 1 aliphatic carbocycles. The Hall–Kier alpha value is -1.28. The predicted molar refractivity (Wildman–Crippen MR) is 75.4 cm³/mol. The zero-order valence-corrected chi connectivity index (χ0v) is 12.5. The monoisotopic (exact) mass is 300 g/mol. The average molecular weight is 300 g/mol. The van der Waals surface area contributed by atoms with Gasteiger partial charge in [0.2, 0.25) is 0 Å². The molecule has 3 N–H and O–H groups in total. The van der Waals surface area contributed by atoms with Crippen molar-refractivity contribution in [1.29, 1.82) is 0 Å². The van der Waals surface area contributed by atoms with E-state index in [9.17, 15) is 9.59 Å². The van der Waals surface area contributed by atoms with Crippen LogP contribution >= 0.6 is 11.8 Å². The van der Waals surface area contributed by atoms with E-state index in [1.165, 1.54) is 23.4 Å². The Balaban J connectivity index is 1.92. The molecule has 0 amide bonds. The van der Waals surface area contributed by atoms with Crippen molar-refractivity contribution in [3.63, 3.8) is 0 Å². The first-order valence-electron chi connectivity index (χ1n) is 6.60. The number of aromatic nitrogens is 3. The van der Waals surface area contributed by atoms with Crippen LogP contribution in [-0.2, 0) is 16.6 Å². The summed E-state index contributed by atoms with van der Waals surface area (Å²) < 4.78 is 6.29. The number of hydrogen-bond acceptors (Lipinski definition) is 6. The van der Waals surface area contributed by atoms with Gasteiger partial charge in [0.05, 0.1) is 7.11 Å². The van der Waals surface area contributed by atoms with Gasteiger partial charge in [0.25, 0.3) is 0 Å². The van der Waals surface area contributed by atoms with Gasteiger partial charge in [-0.3, -0.25) is 9.36 Å². The highest BCUT2D eigenvalue weighted by molar-refractivity contribution is 7.99. The number of hydrogen-bond donors (Lipinski definition) is 2. The third-order valence-electron chi connectivity index (χ3n) is 3.97. The smallest absolute Gasteiger partial charge is 0.343 e. The highest BCUT2D eigenvalue weighted by Gasteiger charge is 2.46. The number of methoxy groups -OCH3 is 1. The molecule has 0 saturated heterocycles. The summed E-state index contributed by atoms with van der Waals surface area (Å²) >= 11 is 1.49. The van der Waals surface area contributed by atoms with Gasteiger partial charge in [0.15, 0.2) is 5.16 Å². The zero-order valence-electron chi connectivity index (χ0n) is 11.7. The highest BCUT2D eigenvalue weighted by Crippen LogP contribution is 2.37. The summed E-state index contributed by atoms with van der Waals surface area (Å²) in [5.41, 5.74) is 5.13. The Morgan fingerprint density at radius 1 is 1.70 bits per heavy atom. The number of aromatic amines is 1. The van der Waals surface area contributed by atoms with E-state index in [1.807, 2.05) is 0 Å². The van der Waals surface area contributed by atoms with Crippen molar-refractivity contribution in [2.24, 2.45) is 18.7 Å². The Morgan fingerprint density at radius 2 is 2.45 bits per heavy atom. The van der Waals surface area contributed by atoms with Gasteiger partial charge in [-0.05, 0) is 25.2 Å². The highest BCUT2D eigenvalue weighted by atomic mass is 32.2. The molecular formula is C12H20N4O3S. The summed E-state index contributed by atoms with van der Waals surface area (Å²) in [5, 5.41) is 6.98. The third kappa shape index (κ3) is 2.76. The quantitative estimate of drug-likeness (QED) is 0.597. The second kappa shape index (κ2) is 6.01. The lowest BCUT2D eigenvalue weighted by atomic mass is 9.86. The van der Waals surface area contributed by atoms with E-state index in [2.05, 4.69) is 10.2 Å². The number of thioether (sulfide) groups is 1. The van der Waals surface area contributed by atoms with Crippen LogP contribution in [0.1, 0.15) is 25.7 Å². The van der Waals surface area contributed by atoms with Crippen molar-refractivity contribution in [3.8, 4) is 0 Å². The molecule has 2 unspecified atom stereocenters. The van der Waals surface area contributed by atoms with Crippen LogP contribution in [0.5, 0.6) is 0 Å². The first kappa shape index (κ1) is 15.1. The standard InChI is InChI=1S/C12H20N4O3S/c1-16-10(18)14-15-11(16)20-7-5-8-4-3-6-12(8,13)9(17)19-2/h8H,3-7,13H2,1-2H3,(H,14,18). The summed E-state index contributed by atoms with van der Waals surface area (Å²) in [6.07, 6.45) is 3.36. The topological polar surface area (TPSA) is 103 Å². The first-order valence-corrected chi connectivity index (χ1v) is 7.59. The van der Waals surface area contributed by atoms with Crippen molar-refractivity contribution in [3.05, 3.63) is 10.5 Å². The van der Waals surface area contributed by atoms with Gasteiger partial charge < -0.3 is 10.5 Å². The van der Waals surface area contributed by atoms with Gasteiger partial charge >= 0.3 is 11.7 Å². The molecule has 8 heteroatoms. The molecule has 1 saturated carbocycles. The molecule has 0 spiro atoms. The molecule has 1 aromatic heterocycles. The molecule has 1 aliphatic rings. The number of ether oxygens (including phenoxy) is 1. The van der Waals surface area contributed by atoms with Crippen molar-refractivity contribution >= 4 is 17.7 Å². The van der Waals surface area contributed by atoms with E-state index in [0.29, 0.717) is 11.6 Å². The van der Waals surface area contributed by atoms with Gasteiger partial charge in [0.1, 0.15) is 5.54 Å². The van der Waals surface area contributed by atoms with Gasteiger partial charge in [-0.15, -0.1) is 5.10 Å². The number of rotatable bonds is 5. The van der Waals surface area contributed by atoms with Crippen molar-refractivity contribution in [2.45, 2.75) is 36.4 Å². The van der Waals surface area contributed by atoms with Gasteiger partial charge in [0, 0.05) is 12.8 Å². The van der Waals surface area contributed by atoms with E-state index >= 15 is 0 Å². The number of esters is 1. The van der Waals surface area contributed by atoms with E-state index in [4.69, 9.17) is 10.5 Å². The number of carbonyl (C=O) groups excluding carboxylic acids is 1. The lowest BCUT2D eigenvalue weighted by molar-refractivity contribution is -0.148. The molecule has 112 valence electrons. The van der Waals surface area contributed by atoms with Crippen LogP contribution in [0.3, 0.4) is 0 Å². The Bertz CT molecular complexity index is 541. The SMILES string of the molecule is COC(=O)C1(N)CCCC1CCSc1n[nH]c(=O)n1C. The minimum atomic E-state index is -0.854. The molecule has 0 aliphatic heterocycles. The molecule has 20 heavy (non-hydrogen) atoms. The molecule has 2 rings (SSSR count). The Morgan fingerprint density at radius 3 is 3.05 bits per heavy atom. The maximum absolute atomic E-state index is 11.8. The molecule has 0 radical (unpaired) electrons. The normalized spacial score (nSPS) is 25.9. The Kier molecular flexibility index (Phi) is 4.54. The lowest BCUT2D eigenvalue weighted by Crippen LogP contribution is -2.51. The molecule has 1 fully saturated rings. The van der Waals surface area contributed by atoms with Gasteiger partial charge in [-0.1, -0.05) is 18.2 Å². The predicted octanol–water partition coefficient (Wildman–Crippen LogP) is 0.261. The molecule has 0 bridgehead atoms. The number of nitrogens with zero attached hydrogens (tertiary/aromatic N) is 2. The van der Waals surface area contributed by atoms with Crippen LogP contribution in [0, 0.1) is 5.92 Å². The molecule has 0 aromatic carbocycles. The van der Waals surface area contributed by atoms with E-state index in [0.717, 1.165) is 25.0 Å². The average Bonchev–Trinajstić information content (AvgIpc) is 2.96. The summed E-state index contributed by atoms with van der Waals surface area (Å²) in [7, 11) is 3.05. The largest absolute Gasteiger partial charge is 0.468 e. The third-order valence-corrected chi connectivity index (χ3v) is 5.04. The number of H-pyrrole nitrogens is 1. The minimum Gasteiger partial charge on any atom is -0.468 e. The molecule has 7 nitrogen and oxygen atoms in total. The molecule has 1 heterocycles. The first-order chi connectivity index (χ1) is 9.49. The van der Waals surface area contributed by atoms with E-state index in [-0.39, 0.29) is 17.6 Å². The summed E-state index contributed by atoms with van der Waals surface area (Å²) in [6, 6.07) is 0. The fraction of sp³-hybridized carbons (Fsp3) is 0.750. The van der Waals surface area contributed by atoms with Crippen LogP contribution in [0.15, 0.2) is 9.95 Å². The van der Waals surface area contributed by atoms with Crippen LogP contribution in [-0.4, -0.2) is 39.1 Å². The van der Waals surface area contributed by atoms with Crippen LogP contribution in [0.2, 0.25) is 0 Å². The number of nitrogens with one attached hydrogen (secondary N) is 1. The second-order valence-corrected chi connectivity index (χ2v) is 6.19. The number of nitrogens with two attached hydrogens (primary N) is 1. The van der Waals surface area contributed by atoms with Crippen molar-refractivity contribution in [1.82, 2.24) is 14.8 Å². The maximum atomic E-state index is 11.8. The zero-order chi connectivity index (χ0) is 14.8. The van der Waals surface area contributed by atoms with E-state index in [1.54, 1.807) is 7.05 Å². The van der Waals surface area contributed by atoms with Gasteiger partial charge in [-0.2, -0.15) is 0 Å². The van der Waals surface area contributed by atoms with E-state index < -0.39 is 5.54 Å². The number of carbonyl (C=O) groups is 1. The van der Waals surface area contributed by atoms with Crippen LogP contribution in [0.25, 0.3) is 0 Å². The van der Waals surface area contributed by atoms with Crippen LogP contribution in [0.4, 0.5) is 0 Å². The summed E-state index contributed by atoms with van der Waals surface area (Å²) in [4.78, 5) is 23.1. The maximum Gasteiger partial charge on any atom is 0.343 e. The molecular weight excluding hydrogens is 280 g/mol. The minimum absolute atomic E-state index is 0.124. The summed E-state index contributed by atoms with van der Waals surface area (Å²) in [6.45, 7) is 0. The Labute approximate surface area is 121 Å². The van der Waals surface area contributed by atoms with Crippen LogP contribution < -0.4 is 11.4 Å². The van der Waals surface area contributed by atoms with Gasteiger partial charge in [-0.25, -0.2) is 9.89 Å². The molecule has 1 aromatic rings.